The summed E-state index contributed by atoms with van der Waals surface area (Å²) in [5.74, 6) is -3.42. The molecule has 2 N–H and O–H groups in total. The van der Waals surface area contributed by atoms with Gasteiger partial charge in [0.15, 0.2) is 6.10 Å². The predicted molar refractivity (Wildman–Crippen MR) is 109 cm³/mol. The summed E-state index contributed by atoms with van der Waals surface area (Å²) in [5, 5.41) is 24.4. The molecule has 4 aliphatic carbocycles. The number of carbonyl (C=O) groups is 2. The van der Waals surface area contributed by atoms with Gasteiger partial charge in [-0.05, 0) is 37.0 Å². The molecule has 0 radical (unpaired) electrons. The Hall–Kier alpha value is -1.22. The van der Waals surface area contributed by atoms with Gasteiger partial charge in [0.05, 0.1) is 18.6 Å². The van der Waals surface area contributed by atoms with Crippen LogP contribution in [-0.4, -0.2) is 65.1 Å². The summed E-state index contributed by atoms with van der Waals surface area (Å²) >= 11 is 0. The Morgan fingerprint density at radius 1 is 0.969 bits per heavy atom. The molecule has 8 nitrogen and oxygen atoms in total. The Morgan fingerprint density at radius 3 is 2.25 bits per heavy atom. The number of carbonyl (C=O) groups excluding carboxylic acids is 2. The zero-order valence-electron chi connectivity index (χ0n) is 19.3. The Bertz CT molecular complexity index is 881. The Kier molecular flexibility index (Phi) is 4.04. The monoisotopic (exact) mass is 450 g/mol. The Labute approximate surface area is 187 Å². The number of aliphatic hydroxyl groups excluding tert-OH is 1. The molecule has 7 aliphatic rings. The molecule has 0 amide bonds. The van der Waals surface area contributed by atoms with Crippen molar-refractivity contribution in [3.05, 3.63) is 0 Å². The van der Waals surface area contributed by atoms with Gasteiger partial charge >= 0.3 is 11.9 Å². The smallest absolute Gasteiger partial charge is 0.303 e. The van der Waals surface area contributed by atoms with E-state index in [-0.39, 0.29) is 23.2 Å². The first-order chi connectivity index (χ1) is 15.0. The highest BCUT2D eigenvalue weighted by Gasteiger charge is 2.91. The van der Waals surface area contributed by atoms with Crippen molar-refractivity contribution in [3.8, 4) is 0 Å². The molecule has 178 valence electrons. The van der Waals surface area contributed by atoms with Crippen LogP contribution in [0.4, 0.5) is 0 Å². The fourth-order valence-corrected chi connectivity index (χ4v) is 9.53. The van der Waals surface area contributed by atoms with E-state index in [0.717, 1.165) is 32.1 Å². The van der Waals surface area contributed by atoms with E-state index in [1.807, 2.05) is 0 Å². The number of rotatable bonds is 2. The number of hydrogen-bond donors (Lipinski definition) is 2. The number of aliphatic hydroxyl groups is 2. The van der Waals surface area contributed by atoms with Crippen molar-refractivity contribution in [2.45, 2.75) is 89.5 Å². The molecule has 7 rings (SSSR count). The fraction of sp³-hybridized carbons (Fsp3) is 0.917. The maximum atomic E-state index is 12.5. The lowest BCUT2D eigenvalue weighted by molar-refractivity contribution is -0.468. The standard InChI is InChI=1S/C24H34O8/c1-12(25)31-17-14-6-7-15-21-9-5-8-20(3,4)16(21)18(32-13(2)26)24(28,30-10-21)23(15,17)19(27)22(14)11-29-22/h14-19,27-28H,5-11H2,1-4H3/t14-,15+,16-,17-,18+,19+,21-,22-,23-,24-/m1/s1. The third kappa shape index (κ3) is 2.10. The molecule has 3 saturated heterocycles. The van der Waals surface area contributed by atoms with Gasteiger partial charge in [-0.25, -0.2) is 0 Å². The maximum absolute atomic E-state index is 12.5. The first-order valence-electron chi connectivity index (χ1n) is 12.0. The lowest BCUT2D eigenvalue weighted by Gasteiger charge is -2.75. The molecular formula is C24H34O8. The average Bonchev–Trinajstić information content (AvgIpc) is 3.48. The lowest BCUT2D eigenvalue weighted by atomic mass is 9.36. The van der Waals surface area contributed by atoms with E-state index < -0.39 is 52.5 Å². The second-order valence-corrected chi connectivity index (χ2v) is 11.9. The van der Waals surface area contributed by atoms with Gasteiger partial charge in [0.1, 0.15) is 17.8 Å². The molecule has 3 spiro atoms. The molecule has 10 atom stereocenters. The molecule has 4 bridgehead atoms. The zero-order chi connectivity index (χ0) is 22.9. The molecular weight excluding hydrogens is 416 g/mol. The summed E-state index contributed by atoms with van der Waals surface area (Å²) in [4.78, 5) is 24.5. The summed E-state index contributed by atoms with van der Waals surface area (Å²) in [7, 11) is 0. The molecule has 4 saturated carbocycles. The van der Waals surface area contributed by atoms with Crippen molar-refractivity contribution in [1.29, 1.82) is 0 Å². The van der Waals surface area contributed by atoms with Gasteiger partial charge in [-0.2, -0.15) is 0 Å². The predicted octanol–water partition coefficient (Wildman–Crippen LogP) is 1.55. The summed E-state index contributed by atoms with van der Waals surface area (Å²) in [6.45, 7) is 7.76. The number of fused-ring (bicyclic) bond motifs is 3. The fourth-order valence-electron chi connectivity index (χ4n) is 9.53. The molecule has 0 unspecified atom stereocenters. The zero-order valence-corrected chi connectivity index (χ0v) is 19.3. The topological polar surface area (TPSA) is 115 Å². The van der Waals surface area contributed by atoms with Crippen LogP contribution < -0.4 is 0 Å². The summed E-state index contributed by atoms with van der Waals surface area (Å²) in [5.41, 5.74) is -2.73. The second-order valence-electron chi connectivity index (χ2n) is 11.9. The number of epoxide rings is 1. The van der Waals surface area contributed by atoms with Crippen molar-refractivity contribution in [1.82, 2.24) is 0 Å². The largest absolute Gasteiger partial charge is 0.461 e. The minimum atomic E-state index is -1.97. The quantitative estimate of drug-likeness (QED) is 0.481. The Balaban J connectivity index is 1.61. The molecule has 3 aliphatic heterocycles. The van der Waals surface area contributed by atoms with Crippen LogP contribution in [0.3, 0.4) is 0 Å². The van der Waals surface area contributed by atoms with Crippen LogP contribution in [0.25, 0.3) is 0 Å². The van der Waals surface area contributed by atoms with E-state index >= 15 is 0 Å². The highest BCUT2D eigenvalue weighted by atomic mass is 16.7. The average molecular weight is 451 g/mol. The van der Waals surface area contributed by atoms with Gasteiger partial charge in [0.2, 0.25) is 5.79 Å². The van der Waals surface area contributed by atoms with E-state index in [1.165, 1.54) is 13.8 Å². The third-order valence-electron chi connectivity index (χ3n) is 10.3. The molecule has 0 aromatic rings. The van der Waals surface area contributed by atoms with Crippen LogP contribution in [-0.2, 0) is 28.5 Å². The lowest BCUT2D eigenvalue weighted by Crippen LogP contribution is -2.85. The van der Waals surface area contributed by atoms with Crippen molar-refractivity contribution in [2.24, 2.45) is 34.0 Å². The van der Waals surface area contributed by atoms with E-state index in [9.17, 15) is 19.8 Å². The second kappa shape index (κ2) is 6.06. The maximum Gasteiger partial charge on any atom is 0.303 e. The normalized spacial score (nSPS) is 56.3. The van der Waals surface area contributed by atoms with Crippen LogP contribution in [0.15, 0.2) is 0 Å². The van der Waals surface area contributed by atoms with Gasteiger partial charge in [-0.3, -0.25) is 9.59 Å². The van der Waals surface area contributed by atoms with Crippen molar-refractivity contribution in [2.75, 3.05) is 13.2 Å². The summed E-state index contributed by atoms with van der Waals surface area (Å²) in [6.07, 6.45) is 1.55. The van der Waals surface area contributed by atoms with Crippen molar-refractivity contribution >= 4 is 11.9 Å². The van der Waals surface area contributed by atoms with Crippen LogP contribution in [0.1, 0.15) is 59.8 Å². The summed E-state index contributed by atoms with van der Waals surface area (Å²) < 4.78 is 24.0. The molecule has 0 aromatic heterocycles. The number of hydrogen-bond acceptors (Lipinski definition) is 8. The highest BCUT2D eigenvalue weighted by molar-refractivity contribution is 5.67. The van der Waals surface area contributed by atoms with Gasteiger partial charge < -0.3 is 29.2 Å². The molecule has 32 heavy (non-hydrogen) atoms. The minimum absolute atomic E-state index is 0.125. The molecule has 8 heteroatoms. The van der Waals surface area contributed by atoms with Crippen LogP contribution in [0.5, 0.6) is 0 Å². The minimum Gasteiger partial charge on any atom is -0.461 e. The summed E-state index contributed by atoms with van der Waals surface area (Å²) in [6, 6.07) is 0. The molecule has 7 fully saturated rings. The molecule has 3 heterocycles. The third-order valence-corrected chi connectivity index (χ3v) is 10.3. The van der Waals surface area contributed by atoms with Crippen LogP contribution in [0.2, 0.25) is 0 Å². The van der Waals surface area contributed by atoms with E-state index in [2.05, 4.69) is 13.8 Å². The Morgan fingerprint density at radius 2 is 1.62 bits per heavy atom. The van der Waals surface area contributed by atoms with E-state index in [0.29, 0.717) is 13.2 Å². The van der Waals surface area contributed by atoms with Gasteiger partial charge in [0, 0.05) is 31.1 Å². The first-order valence-corrected chi connectivity index (χ1v) is 12.0. The first kappa shape index (κ1) is 21.3. The highest BCUT2D eigenvalue weighted by Crippen LogP contribution is 2.80. The van der Waals surface area contributed by atoms with Crippen LogP contribution >= 0.6 is 0 Å². The number of ether oxygens (including phenoxy) is 4. The van der Waals surface area contributed by atoms with E-state index in [1.54, 1.807) is 0 Å². The van der Waals surface area contributed by atoms with Gasteiger partial charge in [0.25, 0.3) is 0 Å². The van der Waals surface area contributed by atoms with Crippen LogP contribution in [0, 0.1) is 34.0 Å². The van der Waals surface area contributed by atoms with Crippen molar-refractivity contribution in [3.63, 3.8) is 0 Å². The van der Waals surface area contributed by atoms with Gasteiger partial charge in [-0.1, -0.05) is 20.3 Å². The van der Waals surface area contributed by atoms with E-state index in [4.69, 9.17) is 18.9 Å². The molecule has 0 aromatic carbocycles. The number of esters is 2. The van der Waals surface area contributed by atoms with Gasteiger partial charge in [-0.15, -0.1) is 0 Å². The van der Waals surface area contributed by atoms with Crippen molar-refractivity contribution < 1.29 is 38.7 Å². The SMILES string of the molecule is CC(=O)O[C@@H]1[C@H]2CC[C@H]3[C@]45CCCC(C)(C)[C@H]4[C@H](OC(C)=O)[C@@](O)(OC5)[C@@]13[C@@H](O)[C@@]21CO1.